The van der Waals surface area contributed by atoms with Crippen molar-refractivity contribution in [3.05, 3.63) is 35.9 Å². The van der Waals surface area contributed by atoms with E-state index in [1.807, 2.05) is 20.2 Å². The summed E-state index contributed by atoms with van der Waals surface area (Å²) in [4.78, 5) is 15.8. The summed E-state index contributed by atoms with van der Waals surface area (Å²) < 4.78 is 0. The lowest BCUT2D eigenvalue weighted by molar-refractivity contribution is -0.130. The monoisotopic (exact) mass is 246 g/mol. The largest absolute Gasteiger partial charge is 0.348 e. The van der Waals surface area contributed by atoms with Gasteiger partial charge in [0.25, 0.3) is 0 Å². The first-order valence-electron chi connectivity index (χ1n) is 6.65. The first-order chi connectivity index (χ1) is 8.66. The zero-order valence-electron chi connectivity index (χ0n) is 11.3. The molecule has 1 aromatic carbocycles. The molecule has 1 amide bonds. The van der Waals surface area contributed by atoms with Gasteiger partial charge in [0.15, 0.2) is 0 Å². The molecule has 1 aliphatic rings. The summed E-state index contributed by atoms with van der Waals surface area (Å²) in [6, 6.07) is 11.1. The molecule has 1 atom stereocenters. The summed E-state index contributed by atoms with van der Waals surface area (Å²) in [5.41, 5.74) is 1.37. The molecule has 98 valence electrons. The number of rotatable bonds is 4. The van der Waals surface area contributed by atoms with Crippen LogP contribution in [0.2, 0.25) is 0 Å². The Kier molecular flexibility index (Phi) is 4.37. The van der Waals surface area contributed by atoms with E-state index < -0.39 is 0 Å². The highest BCUT2D eigenvalue weighted by Gasteiger charge is 2.26. The number of hydrogen-bond donors (Lipinski definition) is 0. The lowest BCUT2D eigenvalue weighted by Gasteiger charge is -2.25. The predicted molar refractivity (Wildman–Crippen MR) is 73.4 cm³/mol. The minimum atomic E-state index is 0.204. The maximum atomic E-state index is 11.8. The van der Waals surface area contributed by atoms with Gasteiger partial charge in [-0.05, 0) is 31.4 Å². The molecule has 2 rings (SSSR count). The van der Waals surface area contributed by atoms with E-state index in [0.29, 0.717) is 12.6 Å². The fourth-order valence-electron chi connectivity index (χ4n) is 2.54. The SMILES string of the molecule is CN(C)C(=O)CN1CCCC1Cc1ccccc1. The Balaban J connectivity index is 1.93. The molecule has 1 saturated heterocycles. The number of amides is 1. The van der Waals surface area contributed by atoms with Crippen molar-refractivity contribution in [3.63, 3.8) is 0 Å². The molecule has 0 aromatic heterocycles. The van der Waals surface area contributed by atoms with Gasteiger partial charge in [0.05, 0.1) is 6.54 Å². The fraction of sp³-hybridized carbons (Fsp3) is 0.533. The molecule has 0 radical (unpaired) electrons. The fourth-order valence-corrected chi connectivity index (χ4v) is 2.54. The Morgan fingerprint density at radius 3 is 2.72 bits per heavy atom. The van der Waals surface area contributed by atoms with Gasteiger partial charge in [-0.1, -0.05) is 30.3 Å². The number of carbonyl (C=O) groups is 1. The van der Waals surface area contributed by atoms with Crippen LogP contribution in [0.1, 0.15) is 18.4 Å². The third kappa shape index (κ3) is 3.33. The lowest BCUT2D eigenvalue weighted by atomic mass is 10.0. The molecular formula is C15H22N2O. The Morgan fingerprint density at radius 1 is 1.33 bits per heavy atom. The third-order valence-corrected chi connectivity index (χ3v) is 3.65. The average Bonchev–Trinajstić information content (AvgIpc) is 2.78. The van der Waals surface area contributed by atoms with Gasteiger partial charge in [-0.3, -0.25) is 9.69 Å². The second kappa shape index (κ2) is 6.01. The predicted octanol–water partition coefficient (Wildman–Crippen LogP) is 1.78. The molecule has 0 spiro atoms. The van der Waals surface area contributed by atoms with Crippen LogP contribution in [0.4, 0.5) is 0 Å². The van der Waals surface area contributed by atoms with E-state index in [2.05, 4.69) is 29.2 Å². The van der Waals surface area contributed by atoms with E-state index in [4.69, 9.17) is 0 Å². The van der Waals surface area contributed by atoms with Crippen LogP contribution in [0.5, 0.6) is 0 Å². The Labute approximate surface area is 109 Å². The van der Waals surface area contributed by atoms with Gasteiger partial charge in [-0.25, -0.2) is 0 Å². The van der Waals surface area contributed by atoms with Gasteiger partial charge < -0.3 is 4.90 Å². The summed E-state index contributed by atoms with van der Waals surface area (Å²) in [5, 5.41) is 0. The highest BCUT2D eigenvalue weighted by molar-refractivity contribution is 5.77. The maximum Gasteiger partial charge on any atom is 0.236 e. The quantitative estimate of drug-likeness (QED) is 0.808. The normalized spacial score (nSPS) is 20.0. The van der Waals surface area contributed by atoms with Crippen LogP contribution < -0.4 is 0 Å². The van der Waals surface area contributed by atoms with Crippen molar-refractivity contribution >= 4 is 5.91 Å². The van der Waals surface area contributed by atoms with Crippen molar-refractivity contribution in [2.75, 3.05) is 27.2 Å². The first-order valence-corrected chi connectivity index (χ1v) is 6.65. The van der Waals surface area contributed by atoms with Crippen LogP contribution in [0.25, 0.3) is 0 Å². The molecule has 3 heteroatoms. The molecule has 1 fully saturated rings. The van der Waals surface area contributed by atoms with Gasteiger partial charge >= 0.3 is 0 Å². The Bertz CT molecular complexity index is 389. The zero-order valence-corrected chi connectivity index (χ0v) is 11.3. The van der Waals surface area contributed by atoms with E-state index in [0.717, 1.165) is 13.0 Å². The number of hydrogen-bond acceptors (Lipinski definition) is 2. The van der Waals surface area contributed by atoms with Gasteiger partial charge in [-0.2, -0.15) is 0 Å². The Hall–Kier alpha value is -1.35. The number of carbonyl (C=O) groups excluding carboxylic acids is 1. The van der Waals surface area contributed by atoms with E-state index in [1.54, 1.807) is 4.90 Å². The second-order valence-electron chi connectivity index (χ2n) is 5.24. The third-order valence-electron chi connectivity index (χ3n) is 3.65. The van der Waals surface area contributed by atoms with Crippen LogP contribution in [-0.4, -0.2) is 48.9 Å². The van der Waals surface area contributed by atoms with Crippen molar-refractivity contribution < 1.29 is 4.79 Å². The standard InChI is InChI=1S/C15H22N2O/c1-16(2)15(18)12-17-10-6-9-14(17)11-13-7-4-3-5-8-13/h3-5,7-8,14H,6,9-12H2,1-2H3. The average molecular weight is 246 g/mol. The van der Waals surface area contributed by atoms with Crippen molar-refractivity contribution in [2.24, 2.45) is 0 Å². The van der Waals surface area contributed by atoms with Gasteiger partial charge in [-0.15, -0.1) is 0 Å². The highest BCUT2D eigenvalue weighted by atomic mass is 16.2. The molecule has 0 bridgehead atoms. The molecule has 0 aliphatic carbocycles. The minimum absolute atomic E-state index is 0.204. The molecule has 0 saturated carbocycles. The van der Waals surface area contributed by atoms with E-state index >= 15 is 0 Å². The van der Waals surface area contributed by atoms with Crippen LogP contribution in [0.15, 0.2) is 30.3 Å². The van der Waals surface area contributed by atoms with E-state index in [-0.39, 0.29) is 5.91 Å². The summed E-state index contributed by atoms with van der Waals surface area (Å²) in [6.07, 6.45) is 3.47. The molecule has 1 heterocycles. The highest BCUT2D eigenvalue weighted by Crippen LogP contribution is 2.20. The van der Waals surface area contributed by atoms with Crippen molar-refractivity contribution in [3.8, 4) is 0 Å². The number of likely N-dealkylation sites (tertiary alicyclic amines) is 1. The minimum Gasteiger partial charge on any atom is -0.348 e. The molecule has 18 heavy (non-hydrogen) atoms. The lowest BCUT2D eigenvalue weighted by Crippen LogP contribution is -2.40. The van der Waals surface area contributed by atoms with Crippen molar-refractivity contribution in [1.82, 2.24) is 9.80 Å². The summed E-state index contributed by atoms with van der Waals surface area (Å²) >= 11 is 0. The maximum absolute atomic E-state index is 11.8. The number of likely N-dealkylation sites (N-methyl/N-ethyl adjacent to an activating group) is 1. The van der Waals surface area contributed by atoms with E-state index in [9.17, 15) is 4.79 Å². The van der Waals surface area contributed by atoms with Crippen LogP contribution in [-0.2, 0) is 11.2 Å². The molecule has 0 N–H and O–H groups in total. The summed E-state index contributed by atoms with van der Waals surface area (Å²) in [7, 11) is 3.65. The summed E-state index contributed by atoms with van der Waals surface area (Å²) in [5.74, 6) is 0.204. The smallest absolute Gasteiger partial charge is 0.236 e. The van der Waals surface area contributed by atoms with E-state index in [1.165, 1.54) is 18.4 Å². The Morgan fingerprint density at radius 2 is 2.06 bits per heavy atom. The van der Waals surface area contributed by atoms with Crippen LogP contribution in [0.3, 0.4) is 0 Å². The van der Waals surface area contributed by atoms with Gasteiger partial charge in [0, 0.05) is 20.1 Å². The van der Waals surface area contributed by atoms with Gasteiger partial charge in [0.1, 0.15) is 0 Å². The first kappa shape index (κ1) is 13.1. The number of nitrogens with zero attached hydrogens (tertiary/aromatic N) is 2. The summed E-state index contributed by atoms with van der Waals surface area (Å²) in [6.45, 7) is 1.61. The van der Waals surface area contributed by atoms with Gasteiger partial charge in [0.2, 0.25) is 5.91 Å². The molecule has 3 nitrogen and oxygen atoms in total. The molecular weight excluding hydrogens is 224 g/mol. The zero-order chi connectivity index (χ0) is 13.0. The van der Waals surface area contributed by atoms with Crippen LogP contribution >= 0.6 is 0 Å². The topological polar surface area (TPSA) is 23.6 Å². The molecule has 1 aromatic rings. The second-order valence-corrected chi connectivity index (χ2v) is 5.24. The number of benzene rings is 1. The molecule has 1 unspecified atom stereocenters. The molecule has 1 aliphatic heterocycles. The van der Waals surface area contributed by atoms with Crippen LogP contribution in [0, 0.1) is 0 Å². The van der Waals surface area contributed by atoms with Crippen molar-refractivity contribution in [2.45, 2.75) is 25.3 Å². The van der Waals surface area contributed by atoms with Crippen molar-refractivity contribution in [1.29, 1.82) is 0 Å².